The standard InChI is InChI=1S/C5H12.CH3NO2/c1-3-5-4-2;3-1-2-4/h3-5H2,1-2H3;1,4H,(H,2,3). The van der Waals surface area contributed by atoms with Gasteiger partial charge >= 0.3 is 0 Å². The first-order valence-corrected chi connectivity index (χ1v) is 3.16. The molecule has 0 aromatic heterocycles. The monoisotopic (exact) mass is 133 g/mol. The molecule has 0 saturated carbocycles. The van der Waals surface area contributed by atoms with Crippen LogP contribution >= 0.6 is 0 Å². The lowest BCUT2D eigenvalue weighted by Crippen LogP contribution is -1.99. The van der Waals surface area contributed by atoms with Gasteiger partial charge in [-0.25, -0.2) is 5.48 Å². The van der Waals surface area contributed by atoms with E-state index in [1.54, 1.807) is 0 Å². The summed E-state index contributed by atoms with van der Waals surface area (Å²) in [4.78, 5) is 8.81. The third-order valence-electron chi connectivity index (χ3n) is 0.760. The molecule has 56 valence electrons. The van der Waals surface area contributed by atoms with Gasteiger partial charge in [0.25, 0.3) is 0 Å². The van der Waals surface area contributed by atoms with Crippen LogP contribution in [-0.4, -0.2) is 11.6 Å². The SMILES string of the molecule is CCCCC.O=CNO. The maximum Gasteiger partial charge on any atom is 0.230 e. The summed E-state index contributed by atoms with van der Waals surface area (Å²) in [7, 11) is 0. The lowest BCUT2D eigenvalue weighted by Gasteiger charge is -1.79. The van der Waals surface area contributed by atoms with Crippen molar-refractivity contribution >= 4 is 6.41 Å². The van der Waals surface area contributed by atoms with Crippen LogP contribution < -0.4 is 5.48 Å². The first kappa shape index (κ1) is 11.3. The van der Waals surface area contributed by atoms with Crippen molar-refractivity contribution in [2.45, 2.75) is 33.1 Å². The number of hydrogen-bond donors (Lipinski definition) is 2. The van der Waals surface area contributed by atoms with Crippen molar-refractivity contribution in [2.75, 3.05) is 0 Å². The van der Waals surface area contributed by atoms with E-state index in [0.29, 0.717) is 0 Å². The number of amides is 1. The molecule has 0 bridgehead atoms. The fourth-order valence-electron chi connectivity index (χ4n) is 0.354. The molecule has 0 aliphatic rings. The van der Waals surface area contributed by atoms with Gasteiger partial charge in [-0.2, -0.15) is 0 Å². The van der Waals surface area contributed by atoms with Crippen LogP contribution in [0.1, 0.15) is 33.1 Å². The van der Waals surface area contributed by atoms with Gasteiger partial charge in [0, 0.05) is 0 Å². The summed E-state index contributed by atoms with van der Waals surface area (Å²) in [5.74, 6) is 0. The fourth-order valence-corrected chi connectivity index (χ4v) is 0.354. The molecule has 0 heterocycles. The van der Waals surface area contributed by atoms with Crippen LogP contribution in [0.2, 0.25) is 0 Å². The Morgan fingerprint density at radius 1 is 1.44 bits per heavy atom. The number of hydroxylamine groups is 1. The first-order chi connectivity index (χ1) is 4.33. The van der Waals surface area contributed by atoms with Crippen LogP contribution in [0.25, 0.3) is 0 Å². The highest BCUT2D eigenvalue weighted by atomic mass is 16.5. The van der Waals surface area contributed by atoms with Gasteiger partial charge in [0.1, 0.15) is 0 Å². The number of hydrogen-bond acceptors (Lipinski definition) is 2. The van der Waals surface area contributed by atoms with Crippen molar-refractivity contribution in [1.29, 1.82) is 0 Å². The highest BCUT2D eigenvalue weighted by Gasteiger charge is 1.68. The molecular weight excluding hydrogens is 118 g/mol. The summed E-state index contributed by atoms with van der Waals surface area (Å²) >= 11 is 0. The second-order valence-electron chi connectivity index (χ2n) is 1.60. The molecule has 0 spiro atoms. The molecule has 0 rings (SSSR count). The Kier molecular flexibility index (Phi) is 19.6. The van der Waals surface area contributed by atoms with Gasteiger partial charge in [-0.3, -0.25) is 10.0 Å². The Hall–Kier alpha value is -0.570. The Labute approximate surface area is 56.0 Å². The Morgan fingerprint density at radius 2 is 1.78 bits per heavy atom. The first-order valence-electron chi connectivity index (χ1n) is 3.16. The quantitative estimate of drug-likeness (QED) is 0.346. The normalized spacial score (nSPS) is 7.00. The van der Waals surface area contributed by atoms with Gasteiger partial charge in [-0.05, 0) is 0 Å². The molecule has 0 atom stereocenters. The second-order valence-corrected chi connectivity index (χ2v) is 1.60. The Bertz CT molecular complexity index is 46.3. The summed E-state index contributed by atoms with van der Waals surface area (Å²) in [5.41, 5.74) is 1.25. The van der Waals surface area contributed by atoms with E-state index in [9.17, 15) is 0 Å². The van der Waals surface area contributed by atoms with Crippen LogP contribution in [-0.2, 0) is 4.79 Å². The van der Waals surface area contributed by atoms with Crippen molar-refractivity contribution in [3.8, 4) is 0 Å². The summed E-state index contributed by atoms with van der Waals surface area (Å²) in [6.07, 6.45) is 4.26. The summed E-state index contributed by atoms with van der Waals surface area (Å²) < 4.78 is 0. The van der Waals surface area contributed by atoms with Gasteiger partial charge < -0.3 is 0 Å². The Morgan fingerprint density at radius 3 is 1.78 bits per heavy atom. The molecule has 0 aromatic carbocycles. The van der Waals surface area contributed by atoms with Crippen molar-refractivity contribution in [2.24, 2.45) is 0 Å². The zero-order valence-electron chi connectivity index (χ0n) is 6.05. The number of nitrogens with one attached hydrogen (secondary N) is 1. The van der Waals surface area contributed by atoms with Gasteiger partial charge in [0.2, 0.25) is 6.41 Å². The van der Waals surface area contributed by atoms with E-state index in [4.69, 9.17) is 10.0 Å². The van der Waals surface area contributed by atoms with E-state index < -0.39 is 0 Å². The molecule has 3 heteroatoms. The number of rotatable bonds is 3. The predicted octanol–water partition coefficient (Wildman–Crippen LogP) is 1.32. The average molecular weight is 133 g/mol. The van der Waals surface area contributed by atoms with E-state index in [-0.39, 0.29) is 6.41 Å². The molecule has 0 unspecified atom stereocenters. The highest BCUT2D eigenvalue weighted by Crippen LogP contribution is 1.88. The fraction of sp³-hybridized carbons (Fsp3) is 0.833. The summed E-state index contributed by atoms with van der Waals surface area (Å²) in [5, 5.41) is 7.26. The smallest absolute Gasteiger partial charge is 0.230 e. The van der Waals surface area contributed by atoms with Gasteiger partial charge in [-0.1, -0.05) is 33.1 Å². The van der Waals surface area contributed by atoms with E-state index >= 15 is 0 Å². The minimum atomic E-state index is 0.181. The summed E-state index contributed by atoms with van der Waals surface area (Å²) in [6.45, 7) is 4.42. The Balaban J connectivity index is 0. The van der Waals surface area contributed by atoms with Crippen LogP contribution in [0.3, 0.4) is 0 Å². The molecule has 0 aromatic rings. The van der Waals surface area contributed by atoms with E-state index in [1.165, 1.54) is 24.7 Å². The lowest BCUT2D eigenvalue weighted by molar-refractivity contribution is -0.116. The minimum Gasteiger partial charge on any atom is -0.289 e. The van der Waals surface area contributed by atoms with Crippen LogP contribution in [0.15, 0.2) is 0 Å². The van der Waals surface area contributed by atoms with Gasteiger partial charge in [0.15, 0.2) is 0 Å². The molecule has 3 nitrogen and oxygen atoms in total. The molecular formula is C6H15NO2. The van der Waals surface area contributed by atoms with E-state index in [1.807, 2.05) is 0 Å². The minimum absolute atomic E-state index is 0.181. The number of unbranched alkanes of at least 4 members (excludes halogenated alkanes) is 2. The molecule has 2 N–H and O–H groups in total. The molecule has 9 heavy (non-hydrogen) atoms. The van der Waals surface area contributed by atoms with Crippen molar-refractivity contribution in [1.82, 2.24) is 5.48 Å². The number of carbonyl (C=O) groups excluding carboxylic acids is 1. The molecule has 0 aliphatic carbocycles. The zero-order valence-corrected chi connectivity index (χ0v) is 6.05. The lowest BCUT2D eigenvalue weighted by atomic mass is 10.3. The maximum absolute atomic E-state index is 8.81. The van der Waals surface area contributed by atoms with Crippen molar-refractivity contribution in [3.05, 3.63) is 0 Å². The molecule has 0 radical (unpaired) electrons. The second kappa shape index (κ2) is 15.7. The highest BCUT2D eigenvalue weighted by molar-refractivity contribution is 5.43. The summed E-state index contributed by atoms with van der Waals surface area (Å²) in [6, 6.07) is 0. The molecule has 0 saturated heterocycles. The molecule has 0 fully saturated rings. The van der Waals surface area contributed by atoms with E-state index in [2.05, 4.69) is 13.8 Å². The largest absolute Gasteiger partial charge is 0.289 e. The number of carbonyl (C=O) groups is 1. The van der Waals surface area contributed by atoms with Crippen LogP contribution in [0, 0.1) is 0 Å². The third-order valence-corrected chi connectivity index (χ3v) is 0.760. The zero-order chi connectivity index (χ0) is 7.54. The maximum atomic E-state index is 8.81. The third kappa shape index (κ3) is 37.1. The van der Waals surface area contributed by atoms with E-state index in [0.717, 1.165) is 0 Å². The van der Waals surface area contributed by atoms with Gasteiger partial charge in [0.05, 0.1) is 0 Å². The average Bonchev–Trinajstić information content (AvgIpc) is 1.91. The topological polar surface area (TPSA) is 49.3 Å². The van der Waals surface area contributed by atoms with Crippen molar-refractivity contribution < 1.29 is 10.0 Å². The van der Waals surface area contributed by atoms with Crippen LogP contribution in [0.5, 0.6) is 0 Å². The van der Waals surface area contributed by atoms with Crippen molar-refractivity contribution in [3.63, 3.8) is 0 Å². The molecule has 1 amide bonds. The van der Waals surface area contributed by atoms with Gasteiger partial charge in [-0.15, -0.1) is 0 Å². The predicted molar refractivity (Wildman–Crippen MR) is 36.2 cm³/mol. The molecule has 0 aliphatic heterocycles. The van der Waals surface area contributed by atoms with Crippen LogP contribution in [0.4, 0.5) is 0 Å².